The van der Waals surface area contributed by atoms with Gasteiger partial charge in [0.15, 0.2) is 17.3 Å². The van der Waals surface area contributed by atoms with Gasteiger partial charge in [-0.15, -0.1) is 0 Å². The lowest BCUT2D eigenvalue weighted by Gasteiger charge is -2.31. The van der Waals surface area contributed by atoms with Crippen LogP contribution in [-0.2, 0) is 6.42 Å². The third-order valence-electron chi connectivity index (χ3n) is 4.47. The van der Waals surface area contributed by atoms with E-state index in [0.29, 0.717) is 37.9 Å². The second-order valence-corrected chi connectivity index (χ2v) is 6.12. The molecule has 0 aliphatic carbocycles. The van der Waals surface area contributed by atoms with Gasteiger partial charge in [-0.25, -0.2) is 13.6 Å². The summed E-state index contributed by atoms with van der Waals surface area (Å²) in [6, 6.07) is 5.37. The lowest BCUT2D eigenvalue weighted by molar-refractivity contribution is 0.0680. The highest BCUT2D eigenvalue weighted by Crippen LogP contribution is 2.24. The predicted octanol–water partition coefficient (Wildman–Crippen LogP) is 2.48. The Hall–Kier alpha value is -2.77. The summed E-state index contributed by atoms with van der Waals surface area (Å²) in [6.45, 7) is 0.936. The zero-order valence-corrected chi connectivity index (χ0v) is 13.3. The summed E-state index contributed by atoms with van der Waals surface area (Å²) in [5, 5.41) is 14.9. The molecule has 1 fully saturated rings. The Morgan fingerprint density at radius 3 is 2.64 bits per heavy atom. The molecule has 8 heteroatoms. The highest BCUT2D eigenvalue weighted by Gasteiger charge is 2.26. The molecular formula is C17H17F2N3O3. The van der Waals surface area contributed by atoms with Crippen molar-refractivity contribution in [3.8, 4) is 0 Å². The molecule has 1 aliphatic heterocycles. The molecule has 1 saturated heterocycles. The standard InChI is InChI=1S/C17H17F2N3O3/c18-12-3-1-2-11(15(12)19)8-10-4-6-22(7-5-10)16(23)13-9-14(17(24)25)21-20-13/h1-3,9-10H,4-8H2,(H,20,21)(H,24,25). The summed E-state index contributed by atoms with van der Waals surface area (Å²) in [5.41, 5.74) is 0.273. The number of piperidine rings is 1. The number of hydrogen-bond acceptors (Lipinski definition) is 3. The summed E-state index contributed by atoms with van der Waals surface area (Å²) < 4.78 is 27.0. The number of benzene rings is 1. The van der Waals surface area contributed by atoms with Gasteiger partial charge < -0.3 is 10.0 Å². The lowest BCUT2D eigenvalue weighted by atomic mass is 9.90. The Morgan fingerprint density at radius 1 is 1.28 bits per heavy atom. The van der Waals surface area contributed by atoms with Gasteiger partial charge in [0.1, 0.15) is 5.69 Å². The van der Waals surface area contributed by atoms with Gasteiger partial charge in [0, 0.05) is 19.2 Å². The van der Waals surface area contributed by atoms with Gasteiger partial charge in [0.25, 0.3) is 5.91 Å². The van der Waals surface area contributed by atoms with Crippen molar-refractivity contribution >= 4 is 11.9 Å². The van der Waals surface area contributed by atoms with Crippen LogP contribution >= 0.6 is 0 Å². The van der Waals surface area contributed by atoms with E-state index in [1.807, 2.05) is 0 Å². The van der Waals surface area contributed by atoms with Crippen LogP contribution in [0.15, 0.2) is 24.3 Å². The third-order valence-corrected chi connectivity index (χ3v) is 4.47. The molecule has 1 aromatic heterocycles. The molecule has 6 nitrogen and oxygen atoms in total. The smallest absolute Gasteiger partial charge is 0.353 e. The van der Waals surface area contributed by atoms with Crippen LogP contribution in [0.4, 0.5) is 8.78 Å². The van der Waals surface area contributed by atoms with Crippen LogP contribution in [0.3, 0.4) is 0 Å². The Balaban J connectivity index is 1.58. The van der Waals surface area contributed by atoms with E-state index >= 15 is 0 Å². The monoisotopic (exact) mass is 349 g/mol. The molecular weight excluding hydrogens is 332 g/mol. The van der Waals surface area contributed by atoms with E-state index in [1.54, 1.807) is 11.0 Å². The molecule has 1 aromatic carbocycles. The number of hydrogen-bond donors (Lipinski definition) is 2. The van der Waals surface area contributed by atoms with Gasteiger partial charge in [0.05, 0.1) is 0 Å². The van der Waals surface area contributed by atoms with E-state index in [0.717, 1.165) is 6.07 Å². The number of aromatic amines is 1. The average molecular weight is 349 g/mol. The van der Waals surface area contributed by atoms with Gasteiger partial charge in [0.2, 0.25) is 0 Å². The van der Waals surface area contributed by atoms with E-state index in [4.69, 9.17) is 5.11 Å². The quantitative estimate of drug-likeness (QED) is 0.888. The van der Waals surface area contributed by atoms with E-state index in [1.165, 1.54) is 12.1 Å². The molecule has 0 bridgehead atoms. The van der Waals surface area contributed by atoms with Crippen LogP contribution in [0.1, 0.15) is 39.4 Å². The Labute approximate surface area is 142 Å². The van der Waals surface area contributed by atoms with Crippen molar-refractivity contribution in [3.63, 3.8) is 0 Å². The predicted molar refractivity (Wildman–Crippen MR) is 84.2 cm³/mol. The lowest BCUT2D eigenvalue weighted by Crippen LogP contribution is -2.39. The molecule has 0 atom stereocenters. The SMILES string of the molecule is O=C(O)c1cc(C(=O)N2CCC(Cc3cccc(F)c3F)CC2)n[nH]1. The van der Waals surface area contributed by atoms with Crippen molar-refractivity contribution in [2.75, 3.05) is 13.1 Å². The first kappa shape index (κ1) is 17.1. The number of aromatic carboxylic acids is 1. The van der Waals surface area contributed by atoms with E-state index in [-0.39, 0.29) is 23.2 Å². The van der Waals surface area contributed by atoms with Gasteiger partial charge >= 0.3 is 5.97 Å². The molecule has 0 spiro atoms. The van der Waals surface area contributed by atoms with Crippen LogP contribution < -0.4 is 0 Å². The van der Waals surface area contributed by atoms with Crippen molar-refractivity contribution in [2.45, 2.75) is 19.3 Å². The van der Waals surface area contributed by atoms with E-state index in [2.05, 4.69) is 10.2 Å². The number of carboxylic acid groups (broad SMARTS) is 1. The third kappa shape index (κ3) is 3.67. The number of carbonyl (C=O) groups excluding carboxylic acids is 1. The van der Waals surface area contributed by atoms with Crippen molar-refractivity contribution in [1.82, 2.24) is 15.1 Å². The number of halogens is 2. The zero-order chi connectivity index (χ0) is 18.0. The number of rotatable bonds is 4. The molecule has 3 rings (SSSR count). The normalized spacial score (nSPS) is 15.4. The van der Waals surface area contributed by atoms with Crippen LogP contribution in [0, 0.1) is 17.6 Å². The number of nitrogens with one attached hydrogen (secondary N) is 1. The number of carbonyl (C=O) groups is 2. The maximum atomic E-state index is 13.8. The largest absolute Gasteiger partial charge is 0.477 e. The highest BCUT2D eigenvalue weighted by molar-refractivity contribution is 5.95. The fraction of sp³-hybridized carbons (Fsp3) is 0.353. The molecule has 2 aromatic rings. The number of likely N-dealkylation sites (tertiary alicyclic amines) is 1. The second-order valence-electron chi connectivity index (χ2n) is 6.12. The molecule has 0 saturated carbocycles. The maximum Gasteiger partial charge on any atom is 0.353 e. The average Bonchev–Trinajstić information content (AvgIpc) is 3.09. The minimum absolute atomic E-state index is 0.0621. The van der Waals surface area contributed by atoms with Crippen LogP contribution in [0.25, 0.3) is 0 Å². The minimum Gasteiger partial charge on any atom is -0.477 e. The first-order valence-electron chi connectivity index (χ1n) is 7.96. The van der Waals surface area contributed by atoms with Gasteiger partial charge in [-0.3, -0.25) is 9.89 Å². The van der Waals surface area contributed by atoms with Crippen molar-refractivity contribution in [3.05, 3.63) is 52.9 Å². The van der Waals surface area contributed by atoms with Gasteiger partial charge in [-0.05, 0) is 36.8 Å². The van der Waals surface area contributed by atoms with Crippen molar-refractivity contribution in [1.29, 1.82) is 0 Å². The number of H-pyrrole nitrogens is 1. The molecule has 1 amide bonds. The molecule has 0 unspecified atom stereocenters. The first-order valence-corrected chi connectivity index (χ1v) is 7.96. The molecule has 0 radical (unpaired) electrons. The fourth-order valence-corrected chi connectivity index (χ4v) is 3.06. The molecule has 132 valence electrons. The molecule has 2 heterocycles. The van der Waals surface area contributed by atoms with E-state index < -0.39 is 17.6 Å². The van der Waals surface area contributed by atoms with Gasteiger partial charge in [-0.2, -0.15) is 5.10 Å². The summed E-state index contributed by atoms with van der Waals surface area (Å²) in [7, 11) is 0. The Bertz CT molecular complexity index is 798. The topological polar surface area (TPSA) is 86.3 Å². The van der Waals surface area contributed by atoms with Crippen LogP contribution in [0.2, 0.25) is 0 Å². The van der Waals surface area contributed by atoms with Crippen LogP contribution in [0.5, 0.6) is 0 Å². The number of aromatic nitrogens is 2. The minimum atomic E-state index is -1.18. The molecule has 1 aliphatic rings. The Morgan fingerprint density at radius 2 is 2.00 bits per heavy atom. The summed E-state index contributed by atoms with van der Waals surface area (Å²) in [6.07, 6.45) is 1.76. The second kappa shape index (κ2) is 7.00. The summed E-state index contributed by atoms with van der Waals surface area (Å²) in [4.78, 5) is 24.8. The summed E-state index contributed by atoms with van der Waals surface area (Å²) >= 11 is 0. The van der Waals surface area contributed by atoms with E-state index in [9.17, 15) is 18.4 Å². The first-order chi connectivity index (χ1) is 12.0. The van der Waals surface area contributed by atoms with Crippen molar-refractivity contribution in [2.24, 2.45) is 5.92 Å². The molecule has 2 N–H and O–H groups in total. The zero-order valence-electron chi connectivity index (χ0n) is 13.3. The van der Waals surface area contributed by atoms with Crippen LogP contribution in [-0.4, -0.2) is 45.2 Å². The molecule has 25 heavy (non-hydrogen) atoms. The fourth-order valence-electron chi connectivity index (χ4n) is 3.06. The van der Waals surface area contributed by atoms with Gasteiger partial charge in [-0.1, -0.05) is 12.1 Å². The number of amides is 1. The van der Waals surface area contributed by atoms with Crippen molar-refractivity contribution < 1.29 is 23.5 Å². The summed E-state index contributed by atoms with van der Waals surface area (Å²) in [5.74, 6) is -3.01. The maximum absolute atomic E-state index is 13.8. The highest BCUT2D eigenvalue weighted by atomic mass is 19.2. The Kier molecular flexibility index (Phi) is 4.78. The number of nitrogens with zero attached hydrogens (tertiary/aromatic N) is 2. The number of carboxylic acids is 1.